The molecule has 1 unspecified atom stereocenters. The number of alkyl carbamates (subject to hydrolysis) is 1. The van der Waals surface area contributed by atoms with Crippen LogP contribution in [0, 0.1) is 5.82 Å². The second kappa shape index (κ2) is 6.56. The molecule has 1 amide bonds. The quantitative estimate of drug-likeness (QED) is 0.741. The second-order valence-corrected chi connectivity index (χ2v) is 5.49. The fourth-order valence-electron chi connectivity index (χ4n) is 1.71. The number of halogens is 1. The Morgan fingerprint density at radius 1 is 1.50 bits per heavy atom. The highest BCUT2D eigenvalue weighted by atomic mass is 19.1. The van der Waals surface area contributed by atoms with Crippen LogP contribution in [0.5, 0.6) is 0 Å². The minimum Gasteiger partial charge on any atom is -0.444 e. The lowest BCUT2D eigenvalue weighted by Gasteiger charge is -2.24. The zero-order chi connectivity index (χ0) is 15.3. The molecule has 0 saturated carbocycles. The molecule has 1 aromatic carbocycles. The number of amides is 1. The third kappa shape index (κ3) is 5.05. The van der Waals surface area contributed by atoms with E-state index in [1.165, 1.54) is 18.2 Å². The van der Waals surface area contributed by atoms with Crippen LogP contribution in [-0.4, -0.2) is 23.4 Å². The molecule has 1 rings (SSSR count). The van der Waals surface area contributed by atoms with Gasteiger partial charge < -0.3 is 20.9 Å². The zero-order valence-electron chi connectivity index (χ0n) is 11.9. The summed E-state index contributed by atoms with van der Waals surface area (Å²) >= 11 is 0. The molecular formula is C14H21FN2O3. The van der Waals surface area contributed by atoms with E-state index in [9.17, 15) is 9.18 Å². The van der Waals surface area contributed by atoms with Gasteiger partial charge in [0.05, 0.1) is 6.04 Å². The minimum absolute atomic E-state index is 0.166. The summed E-state index contributed by atoms with van der Waals surface area (Å²) in [6.45, 7) is 4.99. The van der Waals surface area contributed by atoms with Gasteiger partial charge in [0.2, 0.25) is 0 Å². The van der Waals surface area contributed by atoms with Crippen molar-refractivity contribution in [3.05, 3.63) is 29.6 Å². The van der Waals surface area contributed by atoms with Gasteiger partial charge in [-0.05, 0) is 45.4 Å². The van der Waals surface area contributed by atoms with Crippen molar-refractivity contribution in [2.45, 2.75) is 38.8 Å². The van der Waals surface area contributed by atoms with Crippen molar-refractivity contribution >= 4 is 11.8 Å². The van der Waals surface area contributed by atoms with E-state index >= 15 is 0 Å². The van der Waals surface area contributed by atoms with Crippen molar-refractivity contribution in [1.29, 1.82) is 0 Å². The van der Waals surface area contributed by atoms with E-state index in [1.807, 2.05) is 0 Å². The normalized spacial score (nSPS) is 12.8. The first-order valence-corrected chi connectivity index (χ1v) is 6.38. The average molecular weight is 284 g/mol. The van der Waals surface area contributed by atoms with Crippen LogP contribution in [0.1, 0.15) is 38.8 Å². The maximum Gasteiger partial charge on any atom is 0.408 e. The average Bonchev–Trinajstić information content (AvgIpc) is 2.29. The number of nitrogens with two attached hydrogens (primary N) is 1. The van der Waals surface area contributed by atoms with Crippen molar-refractivity contribution in [3.63, 3.8) is 0 Å². The molecule has 5 nitrogen and oxygen atoms in total. The number of aliphatic hydroxyl groups excluding tert-OH is 1. The minimum atomic E-state index is -0.696. The van der Waals surface area contributed by atoms with Crippen LogP contribution in [0.25, 0.3) is 0 Å². The Bertz CT molecular complexity index is 472. The van der Waals surface area contributed by atoms with Gasteiger partial charge in [0.25, 0.3) is 0 Å². The summed E-state index contributed by atoms with van der Waals surface area (Å²) in [6.07, 6.45) is -0.502. The molecule has 0 radical (unpaired) electrons. The van der Waals surface area contributed by atoms with Gasteiger partial charge in [-0.2, -0.15) is 0 Å². The largest absolute Gasteiger partial charge is 0.444 e. The molecule has 0 heterocycles. The molecule has 0 saturated heterocycles. The maximum atomic E-state index is 13.8. The van der Waals surface area contributed by atoms with Crippen LogP contribution < -0.4 is 11.1 Å². The molecule has 0 spiro atoms. The first kappa shape index (κ1) is 16.2. The van der Waals surface area contributed by atoms with Gasteiger partial charge in [-0.3, -0.25) is 0 Å². The Balaban J connectivity index is 2.89. The van der Waals surface area contributed by atoms with E-state index in [-0.39, 0.29) is 18.6 Å². The summed E-state index contributed by atoms with van der Waals surface area (Å²) in [6, 6.07) is 3.40. The van der Waals surface area contributed by atoms with E-state index < -0.39 is 23.6 Å². The number of hydrogen-bond donors (Lipinski definition) is 3. The van der Waals surface area contributed by atoms with Crippen molar-refractivity contribution in [2.24, 2.45) is 0 Å². The van der Waals surface area contributed by atoms with E-state index in [0.717, 1.165) is 0 Å². The number of rotatable bonds is 4. The molecule has 1 atom stereocenters. The van der Waals surface area contributed by atoms with Gasteiger partial charge >= 0.3 is 6.09 Å². The molecule has 0 aliphatic rings. The molecule has 0 bridgehead atoms. The van der Waals surface area contributed by atoms with Crippen LogP contribution in [-0.2, 0) is 4.74 Å². The third-order valence-corrected chi connectivity index (χ3v) is 2.50. The molecule has 0 aliphatic heterocycles. The van der Waals surface area contributed by atoms with Gasteiger partial charge in [0.1, 0.15) is 11.4 Å². The summed E-state index contributed by atoms with van der Waals surface area (Å²) in [5, 5.41) is 11.6. The fraction of sp³-hybridized carbons (Fsp3) is 0.500. The van der Waals surface area contributed by atoms with Crippen molar-refractivity contribution in [1.82, 2.24) is 5.32 Å². The number of carbonyl (C=O) groups is 1. The predicted molar refractivity (Wildman–Crippen MR) is 74.6 cm³/mol. The van der Waals surface area contributed by atoms with Crippen LogP contribution in [0.3, 0.4) is 0 Å². The molecule has 0 aromatic heterocycles. The Hall–Kier alpha value is -1.82. The summed E-state index contributed by atoms with van der Waals surface area (Å²) in [5.41, 5.74) is 5.58. The molecular weight excluding hydrogens is 263 g/mol. The van der Waals surface area contributed by atoms with Gasteiger partial charge in [0, 0.05) is 17.9 Å². The number of hydrogen-bond acceptors (Lipinski definition) is 4. The topological polar surface area (TPSA) is 84.6 Å². The molecule has 0 fully saturated rings. The number of benzene rings is 1. The summed E-state index contributed by atoms with van der Waals surface area (Å²) in [7, 11) is 0. The molecule has 0 aliphatic carbocycles. The highest BCUT2D eigenvalue weighted by Gasteiger charge is 2.22. The summed E-state index contributed by atoms with van der Waals surface area (Å²) < 4.78 is 18.9. The van der Waals surface area contributed by atoms with Gasteiger partial charge in [0.15, 0.2) is 0 Å². The first-order valence-electron chi connectivity index (χ1n) is 6.38. The SMILES string of the molecule is CC(C)(C)OC(=O)NC(CCO)c1cc(N)ccc1F. The standard InChI is InChI=1S/C14H21FN2O3/c1-14(2,3)20-13(19)17-12(6-7-18)10-8-9(16)4-5-11(10)15/h4-5,8,12,18H,6-7,16H2,1-3H3,(H,17,19). The molecule has 6 heteroatoms. The van der Waals surface area contributed by atoms with Gasteiger partial charge in [-0.15, -0.1) is 0 Å². The van der Waals surface area contributed by atoms with E-state index in [2.05, 4.69) is 5.32 Å². The van der Waals surface area contributed by atoms with Crippen LogP contribution in [0.15, 0.2) is 18.2 Å². The molecule has 1 aromatic rings. The lowest BCUT2D eigenvalue weighted by Crippen LogP contribution is -2.35. The fourth-order valence-corrected chi connectivity index (χ4v) is 1.71. The first-order chi connectivity index (χ1) is 9.23. The Morgan fingerprint density at radius 3 is 2.70 bits per heavy atom. The van der Waals surface area contributed by atoms with Crippen LogP contribution in [0.2, 0.25) is 0 Å². The number of anilines is 1. The van der Waals surface area contributed by atoms with E-state index in [1.54, 1.807) is 20.8 Å². The van der Waals surface area contributed by atoms with Crippen LogP contribution in [0.4, 0.5) is 14.9 Å². The second-order valence-electron chi connectivity index (χ2n) is 5.49. The van der Waals surface area contributed by atoms with Crippen molar-refractivity contribution < 1.29 is 19.0 Å². The summed E-state index contributed by atoms with van der Waals surface area (Å²) in [5.74, 6) is -0.492. The number of nitrogen functional groups attached to an aromatic ring is 1. The molecule has 20 heavy (non-hydrogen) atoms. The van der Waals surface area contributed by atoms with Crippen LogP contribution >= 0.6 is 0 Å². The smallest absolute Gasteiger partial charge is 0.408 e. The Morgan fingerprint density at radius 2 is 2.15 bits per heavy atom. The number of ether oxygens (including phenoxy) is 1. The Labute approximate surface area is 117 Å². The predicted octanol–water partition coefficient (Wildman–Crippen LogP) is 2.36. The number of carbonyl (C=O) groups excluding carboxylic acids is 1. The van der Waals surface area contributed by atoms with Gasteiger partial charge in [-0.25, -0.2) is 9.18 Å². The third-order valence-electron chi connectivity index (χ3n) is 2.50. The zero-order valence-corrected chi connectivity index (χ0v) is 11.9. The van der Waals surface area contributed by atoms with Crippen molar-refractivity contribution in [2.75, 3.05) is 12.3 Å². The molecule has 112 valence electrons. The van der Waals surface area contributed by atoms with Gasteiger partial charge in [-0.1, -0.05) is 0 Å². The lowest BCUT2D eigenvalue weighted by atomic mass is 10.0. The molecule has 4 N–H and O–H groups in total. The Kier molecular flexibility index (Phi) is 5.33. The van der Waals surface area contributed by atoms with E-state index in [0.29, 0.717) is 5.69 Å². The highest BCUT2D eigenvalue weighted by molar-refractivity contribution is 5.68. The highest BCUT2D eigenvalue weighted by Crippen LogP contribution is 2.23. The summed E-state index contributed by atoms with van der Waals surface area (Å²) in [4.78, 5) is 11.7. The lowest BCUT2D eigenvalue weighted by molar-refractivity contribution is 0.0495. The maximum absolute atomic E-state index is 13.8. The monoisotopic (exact) mass is 284 g/mol. The van der Waals surface area contributed by atoms with Crippen molar-refractivity contribution in [3.8, 4) is 0 Å². The number of aliphatic hydroxyl groups is 1. The van der Waals surface area contributed by atoms with E-state index in [4.69, 9.17) is 15.6 Å². The number of nitrogens with one attached hydrogen (secondary N) is 1.